The average Bonchev–Trinajstić information content (AvgIpc) is 2.69. The molecule has 0 bridgehead atoms. The molecule has 2 rings (SSSR count). The van der Waals surface area contributed by atoms with E-state index < -0.39 is 10.0 Å². The summed E-state index contributed by atoms with van der Waals surface area (Å²) in [5.74, 6) is 1.12. The van der Waals surface area contributed by atoms with E-state index in [-0.39, 0.29) is 18.9 Å². The maximum atomic E-state index is 12.3. The quantitative estimate of drug-likeness (QED) is 0.550. The molecule has 0 radical (unpaired) electrons. The molecule has 7 nitrogen and oxygen atoms in total. The zero-order valence-electron chi connectivity index (χ0n) is 18.0. The van der Waals surface area contributed by atoms with E-state index in [1.165, 1.54) is 11.4 Å². The van der Waals surface area contributed by atoms with Crippen LogP contribution < -0.4 is 19.1 Å². The van der Waals surface area contributed by atoms with Gasteiger partial charge in [-0.05, 0) is 49.6 Å². The van der Waals surface area contributed by atoms with Gasteiger partial charge in [-0.15, -0.1) is 0 Å². The van der Waals surface area contributed by atoms with Gasteiger partial charge in [-0.1, -0.05) is 24.3 Å². The second-order valence-electron chi connectivity index (χ2n) is 7.08. The zero-order valence-corrected chi connectivity index (χ0v) is 18.8. The first-order valence-corrected chi connectivity index (χ1v) is 11.6. The number of nitrogens with zero attached hydrogens (tertiary/aromatic N) is 1. The monoisotopic (exact) mass is 434 g/mol. The van der Waals surface area contributed by atoms with Crippen molar-refractivity contribution in [1.82, 2.24) is 5.32 Å². The number of hydrogen-bond donors (Lipinski definition) is 1. The molecule has 0 saturated heterocycles. The summed E-state index contributed by atoms with van der Waals surface area (Å²) in [5.41, 5.74) is 2.44. The molecule has 8 heteroatoms. The van der Waals surface area contributed by atoms with E-state index in [1.54, 1.807) is 12.1 Å². The van der Waals surface area contributed by atoms with Crippen LogP contribution in [0.1, 0.15) is 24.0 Å². The van der Waals surface area contributed by atoms with Gasteiger partial charge in [0.1, 0.15) is 18.1 Å². The van der Waals surface area contributed by atoms with Crippen molar-refractivity contribution in [2.45, 2.75) is 26.7 Å². The third kappa shape index (κ3) is 6.95. The smallest absolute Gasteiger partial charge is 0.232 e. The Balaban J connectivity index is 1.84. The molecule has 30 heavy (non-hydrogen) atoms. The van der Waals surface area contributed by atoms with E-state index in [1.807, 2.05) is 44.2 Å². The van der Waals surface area contributed by atoms with E-state index in [9.17, 15) is 13.2 Å². The number of methoxy groups -OCH3 is 1. The van der Waals surface area contributed by atoms with Crippen LogP contribution in [0.5, 0.6) is 11.5 Å². The second kappa shape index (κ2) is 10.9. The SMILES string of the molecule is COc1ccc(C)cc1N(CCCC(=O)NCCOc1ccccc1C)S(C)(=O)=O. The molecule has 0 spiro atoms. The fourth-order valence-corrected chi connectivity index (χ4v) is 3.96. The first-order valence-electron chi connectivity index (χ1n) is 9.80. The van der Waals surface area contributed by atoms with Gasteiger partial charge >= 0.3 is 0 Å². The third-order valence-electron chi connectivity index (χ3n) is 4.54. The van der Waals surface area contributed by atoms with E-state index >= 15 is 0 Å². The summed E-state index contributed by atoms with van der Waals surface area (Å²) in [6, 6.07) is 13.1. The number of ether oxygens (including phenoxy) is 2. The Morgan fingerprint density at radius 3 is 2.50 bits per heavy atom. The minimum Gasteiger partial charge on any atom is -0.495 e. The number of carbonyl (C=O) groups is 1. The summed E-state index contributed by atoms with van der Waals surface area (Å²) >= 11 is 0. The fraction of sp³-hybridized carbons (Fsp3) is 0.409. The number of sulfonamides is 1. The average molecular weight is 435 g/mol. The maximum Gasteiger partial charge on any atom is 0.232 e. The number of amides is 1. The van der Waals surface area contributed by atoms with E-state index in [4.69, 9.17) is 9.47 Å². The highest BCUT2D eigenvalue weighted by atomic mass is 32.2. The number of carbonyl (C=O) groups excluding carboxylic acids is 1. The predicted octanol–water partition coefficient (Wildman–Crippen LogP) is 3.05. The van der Waals surface area contributed by atoms with Crippen molar-refractivity contribution < 1.29 is 22.7 Å². The van der Waals surface area contributed by atoms with Crippen LogP contribution in [0, 0.1) is 13.8 Å². The second-order valence-corrected chi connectivity index (χ2v) is 8.98. The van der Waals surface area contributed by atoms with Crippen LogP contribution in [0.2, 0.25) is 0 Å². The molecule has 0 aliphatic carbocycles. The lowest BCUT2D eigenvalue weighted by atomic mass is 10.2. The molecular weight excluding hydrogens is 404 g/mol. The summed E-state index contributed by atoms with van der Waals surface area (Å²) in [7, 11) is -2.02. The standard InChI is InChI=1S/C22H30N2O5S/c1-17-11-12-21(28-3)19(16-17)24(30(4,26)27)14-7-10-22(25)23-13-15-29-20-9-6-5-8-18(20)2/h5-6,8-9,11-12,16H,7,10,13-15H2,1-4H3,(H,23,25). The molecule has 0 aromatic heterocycles. The molecule has 0 saturated carbocycles. The highest BCUT2D eigenvalue weighted by molar-refractivity contribution is 7.92. The summed E-state index contributed by atoms with van der Waals surface area (Å²) in [6.45, 7) is 4.79. The van der Waals surface area contributed by atoms with E-state index in [2.05, 4.69) is 5.32 Å². The molecule has 0 unspecified atom stereocenters. The first kappa shape index (κ1) is 23.5. The molecule has 1 N–H and O–H groups in total. The van der Waals surface area contributed by atoms with Crippen molar-refractivity contribution in [3.05, 3.63) is 53.6 Å². The van der Waals surface area contributed by atoms with Crippen molar-refractivity contribution in [3.63, 3.8) is 0 Å². The molecule has 0 aliphatic heterocycles. The van der Waals surface area contributed by atoms with Gasteiger partial charge in [0.2, 0.25) is 15.9 Å². The number of anilines is 1. The Morgan fingerprint density at radius 1 is 1.10 bits per heavy atom. The largest absolute Gasteiger partial charge is 0.495 e. The Labute approximate surface area is 179 Å². The van der Waals surface area contributed by atoms with Gasteiger partial charge in [-0.3, -0.25) is 9.10 Å². The molecule has 0 fully saturated rings. The van der Waals surface area contributed by atoms with Crippen molar-refractivity contribution in [2.75, 3.05) is 37.4 Å². The Kier molecular flexibility index (Phi) is 8.53. The number of aryl methyl sites for hydroxylation is 2. The number of para-hydroxylation sites is 1. The number of benzene rings is 2. The Morgan fingerprint density at radius 2 is 1.83 bits per heavy atom. The number of nitrogens with one attached hydrogen (secondary N) is 1. The van der Waals surface area contributed by atoms with E-state index in [0.29, 0.717) is 31.0 Å². The van der Waals surface area contributed by atoms with Crippen LogP contribution >= 0.6 is 0 Å². The fourth-order valence-electron chi connectivity index (χ4n) is 3.00. The lowest BCUT2D eigenvalue weighted by molar-refractivity contribution is -0.121. The molecule has 0 atom stereocenters. The molecule has 2 aromatic rings. The van der Waals surface area contributed by atoms with Gasteiger partial charge in [0.15, 0.2) is 0 Å². The maximum absolute atomic E-state index is 12.3. The van der Waals surface area contributed by atoms with Crippen LogP contribution in [0.3, 0.4) is 0 Å². The zero-order chi connectivity index (χ0) is 22.1. The van der Waals surface area contributed by atoms with Crippen LogP contribution in [0.15, 0.2) is 42.5 Å². The third-order valence-corrected chi connectivity index (χ3v) is 5.72. The molecule has 1 amide bonds. The molecule has 0 aliphatic rings. The summed E-state index contributed by atoms with van der Waals surface area (Å²) < 4.78 is 36.9. The van der Waals surface area contributed by atoms with Crippen LogP contribution in [-0.4, -0.2) is 47.4 Å². The normalized spacial score (nSPS) is 11.1. The lowest BCUT2D eigenvalue weighted by Crippen LogP contribution is -2.33. The van der Waals surface area contributed by atoms with Crippen molar-refractivity contribution in [3.8, 4) is 11.5 Å². The minimum atomic E-state index is -3.52. The summed E-state index contributed by atoms with van der Waals surface area (Å²) in [5, 5.41) is 2.80. The highest BCUT2D eigenvalue weighted by Crippen LogP contribution is 2.31. The first-order chi connectivity index (χ1) is 14.2. The number of rotatable bonds is 11. The lowest BCUT2D eigenvalue weighted by Gasteiger charge is -2.24. The van der Waals surface area contributed by atoms with Gasteiger partial charge in [0.25, 0.3) is 0 Å². The van der Waals surface area contributed by atoms with E-state index in [0.717, 1.165) is 23.1 Å². The topological polar surface area (TPSA) is 84.9 Å². The highest BCUT2D eigenvalue weighted by Gasteiger charge is 2.21. The van der Waals surface area contributed by atoms with Crippen molar-refractivity contribution >= 4 is 21.6 Å². The van der Waals surface area contributed by atoms with Crippen LogP contribution in [0.25, 0.3) is 0 Å². The predicted molar refractivity (Wildman–Crippen MR) is 119 cm³/mol. The molecule has 2 aromatic carbocycles. The Hall–Kier alpha value is -2.74. The van der Waals surface area contributed by atoms with Gasteiger partial charge in [0, 0.05) is 13.0 Å². The van der Waals surface area contributed by atoms with Crippen LogP contribution in [-0.2, 0) is 14.8 Å². The van der Waals surface area contributed by atoms with Crippen molar-refractivity contribution in [1.29, 1.82) is 0 Å². The van der Waals surface area contributed by atoms with Gasteiger partial charge in [-0.25, -0.2) is 8.42 Å². The van der Waals surface area contributed by atoms with Gasteiger partial charge < -0.3 is 14.8 Å². The summed E-state index contributed by atoms with van der Waals surface area (Å²) in [6.07, 6.45) is 1.75. The molecule has 164 valence electrons. The minimum absolute atomic E-state index is 0.145. The Bertz CT molecular complexity index is 960. The number of hydrogen-bond acceptors (Lipinski definition) is 5. The van der Waals surface area contributed by atoms with Crippen molar-refractivity contribution in [2.24, 2.45) is 0 Å². The molecule has 0 heterocycles. The molecular formula is C22H30N2O5S. The van der Waals surface area contributed by atoms with Gasteiger partial charge in [0.05, 0.1) is 25.6 Å². The van der Waals surface area contributed by atoms with Crippen LogP contribution in [0.4, 0.5) is 5.69 Å². The van der Waals surface area contributed by atoms with Gasteiger partial charge in [-0.2, -0.15) is 0 Å². The summed E-state index contributed by atoms with van der Waals surface area (Å²) in [4.78, 5) is 12.1.